The first kappa shape index (κ1) is 23.6. The molecule has 0 spiro atoms. The van der Waals surface area contributed by atoms with E-state index < -0.39 is 10.0 Å². The number of amides is 2. The first-order chi connectivity index (χ1) is 15.2. The molecule has 0 fully saturated rings. The van der Waals surface area contributed by atoms with Gasteiger partial charge in [-0.25, -0.2) is 13.4 Å². The number of sulfonamides is 1. The van der Waals surface area contributed by atoms with Crippen molar-refractivity contribution in [2.45, 2.75) is 25.7 Å². The minimum Gasteiger partial charge on any atom is -0.322 e. The lowest BCUT2D eigenvalue weighted by Gasteiger charge is -2.18. The summed E-state index contributed by atoms with van der Waals surface area (Å²) < 4.78 is 27.3. The largest absolute Gasteiger partial charge is 0.322 e. The van der Waals surface area contributed by atoms with Gasteiger partial charge in [0, 0.05) is 31.8 Å². The zero-order valence-corrected chi connectivity index (χ0v) is 19.6. The molecular formula is C22H24N4O4S2. The number of aromatic nitrogens is 1. The van der Waals surface area contributed by atoms with E-state index in [1.54, 1.807) is 50.3 Å². The molecule has 0 bridgehead atoms. The third-order valence-electron chi connectivity index (χ3n) is 4.59. The fraction of sp³-hybridized carbons (Fsp3) is 0.227. The molecule has 32 heavy (non-hydrogen) atoms. The minimum absolute atomic E-state index is 0.193. The summed E-state index contributed by atoms with van der Waals surface area (Å²) in [6, 6.07) is 11.7. The normalized spacial score (nSPS) is 11.9. The van der Waals surface area contributed by atoms with Crippen molar-refractivity contribution in [2.24, 2.45) is 0 Å². The molecule has 0 saturated heterocycles. The van der Waals surface area contributed by atoms with E-state index in [1.165, 1.54) is 40.8 Å². The summed E-state index contributed by atoms with van der Waals surface area (Å²) in [6.45, 7) is 5.82. The van der Waals surface area contributed by atoms with Gasteiger partial charge in [0.25, 0.3) is 0 Å². The molecule has 0 aliphatic rings. The fourth-order valence-electron chi connectivity index (χ4n) is 3.03. The molecule has 0 unspecified atom stereocenters. The van der Waals surface area contributed by atoms with Crippen LogP contribution in [-0.2, 0) is 19.6 Å². The topological polar surface area (TPSA) is 108 Å². The van der Waals surface area contributed by atoms with E-state index in [9.17, 15) is 18.0 Å². The standard InChI is InChI=1S/C22H24N4O4S2/c1-4-26(5-2)32(29,30)18-10-6-16(7-11-18)8-13-21(28)24-17-9-12-19-20(14-17)31-22(25-19)23-15(3)27/h6-14H,4-5H2,1-3H3,(H,24,28)(H,23,25,27). The number of fused-ring (bicyclic) bond motifs is 1. The number of hydrogen-bond acceptors (Lipinski definition) is 6. The lowest BCUT2D eigenvalue weighted by molar-refractivity contribution is -0.114. The molecular weight excluding hydrogens is 448 g/mol. The van der Waals surface area contributed by atoms with Crippen molar-refractivity contribution in [1.82, 2.24) is 9.29 Å². The summed E-state index contributed by atoms with van der Waals surface area (Å²) in [5.74, 6) is -0.516. The molecule has 2 N–H and O–H groups in total. The Bertz CT molecular complexity index is 1260. The minimum atomic E-state index is -3.51. The number of carbonyl (C=O) groups excluding carboxylic acids is 2. The number of rotatable bonds is 8. The Morgan fingerprint density at radius 2 is 1.75 bits per heavy atom. The second-order valence-corrected chi connectivity index (χ2v) is 9.83. The summed E-state index contributed by atoms with van der Waals surface area (Å²) >= 11 is 1.32. The van der Waals surface area contributed by atoms with Gasteiger partial charge < -0.3 is 10.6 Å². The van der Waals surface area contributed by atoms with Gasteiger partial charge in [0.2, 0.25) is 21.8 Å². The summed E-state index contributed by atoms with van der Waals surface area (Å²) in [4.78, 5) is 28.0. The smallest absolute Gasteiger partial charge is 0.248 e. The lowest BCUT2D eigenvalue weighted by atomic mass is 10.2. The zero-order chi connectivity index (χ0) is 23.3. The van der Waals surface area contributed by atoms with Crippen molar-refractivity contribution in [3.05, 3.63) is 54.1 Å². The Morgan fingerprint density at radius 3 is 2.38 bits per heavy atom. The molecule has 1 aromatic heterocycles. The van der Waals surface area contributed by atoms with Crippen LogP contribution in [0.15, 0.2) is 53.4 Å². The molecule has 3 rings (SSSR count). The number of anilines is 2. The van der Waals surface area contributed by atoms with Crippen LogP contribution in [-0.4, -0.2) is 42.6 Å². The predicted molar refractivity (Wildman–Crippen MR) is 128 cm³/mol. The molecule has 2 aromatic carbocycles. The van der Waals surface area contributed by atoms with Crippen molar-refractivity contribution in [2.75, 3.05) is 23.7 Å². The molecule has 0 aliphatic heterocycles. The van der Waals surface area contributed by atoms with Crippen LogP contribution in [0, 0.1) is 0 Å². The Kier molecular flexibility index (Phi) is 7.39. The van der Waals surface area contributed by atoms with Crippen LogP contribution in [0.1, 0.15) is 26.3 Å². The summed E-state index contributed by atoms with van der Waals surface area (Å²) in [5, 5.41) is 5.93. The van der Waals surface area contributed by atoms with Crippen molar-refractivity contribution in [3.8, 4) is 0 Å². The Hall–Kier alpha value is -3.08. The highest BCUT2D eigenvalue weighted by atomic mass is 32.2. The van der Waals surface area contributed by atoms with Gasteiger partial charge in [-0.05, 0) is 42.0 Å². The van der Waals surface area contributed by atoms with Crippen LogP contribution in [0.5, 0.6) is 0 Å². The summed E-state index contributed by atoms with van der Waals surface area (Å²) in [7, 11) is -3.51. The van der Waals surface area contributed by atoms with Crippen molar-refractivity contribution < 1.29 is 18.0 Å². The number of carbonyl (C=O) groups is 2. The highest BCUT2D eigenvalue weighted by molar-refractivity contribution is 7.89. The van der Waals surface area contributed by atoms with E-state index in [0.717, 1.165) is 10.2 Å². The van der Waals surface area contributed by atoms with Gasteiger partial charge in [-0.2, -0.15) is 4.31 Å². The van der Waals surface area contributed by atoms with Gasteiger partial charge in [-0.1, -0.05) is 37.3 Å². The highest BCUT2D eigenvalue weighted by Gasteiger charge is 2.20. The maximum atomic E-state index is 12.5. The molecule has 8 nitrogen and oxygen atoms in total. The van der Waals surface area contributed by atoms with E-state index >= 15 is 0 Å². The van der Waals surface area contributed by atoms with Crippen LogP contribution in [0.2, 0.25) is 0 Å². The number of nitrogens with one attached hydrogen (secondary N) is 2. The molecule has 10 heteroatoms. The van der Waals surface area contributed by atoms with Crippen LogP contribution in [0.25, 0.3) is 16.3 Å². The second kappa shape index (κ2) is 10.0. The van der Waals surface area contributed by atoms with Crippen LogP contribution < -0.4 is 10.6 Å². The van der Waals surface area contributed by atoms with Crippen LogP contribution in [0.4, 0.5) is 10.8 Å². The molecule has 3 aromatic rings. The predicted octanol–water partition coefficient (Wildman–Crippen LogP) is 3.94. The zero-order valence-electron chi connectivity index (χ0n) is 18.0. The number of hydrogen-bond donors (Lipinski definition) is 2. The maximum Gasteiger partial charge on any atom is 0.248 e. The maximum absolute atomic E-state index is 12.5. The molecule has 0 atom stereocenters. The molecule has 168 valence electrons. The summed E-state index contributed by atoms with van der Waals surface area (Å²) in [6.07, 6.45) is 3.00. The molecule has 0 radical (unpaired) electrons. The second-order valence-electron chi connectivity index (χ2n) is 6.86. The first-order valence-corrected chi connectivity index (χ1v) is 12.3. The first-order valence-electron chi connectivity index (χ1n) is 10.0. The van der Waals surface area contributed by atoms with Gasteiger partial charge >= 0.3 is 0 Å². The average molecular weight is 473 g/mol. The molecule has 1 heterocycles. The monoisotopic (exact) mass is 472 g/mol. The van der Waals surface area contributed by atoms with Crippen molar-refractivity contribution in [1.29, 1.82) is 0 Å². The molecule has 2 amide bonds. The van der Waals surface area contributed by atoms with Crippen molar-refractivity contribution in [3.63, 3.8) is 0 Å². The van der Waals surface area contributed by atoms with Gasteiger partial charge in [0.1, 0.15) is 0 Å². The quantitative estimate of drug-likeness (QED) is 0.483. The average Bonchev–Trinajstić information content (AvgIpc) is 3.14. The third-order valence-corrected chi connectivity index (χ3v) is 7.59. The Labute approximate surface area is 191 Å². The van der Waals surface area contributed by atoms with Gasteiger partial charge in [-0.3, -0.25) is 9.59 Å². The lowest BCUT2D eigenvalue weighted by Crippen LogP contribution is -2.30. The van der Waals surface area contributed by atoms with E-state index in [0.29, 0.717) is 29.5 Å². The van der Waals surface area contributed by atoms with E-state index in [4.69, 9.17) is 0 Å². The van der Waals surface area contributed by atoms with Crippen LogP contribution in [0.3, 0.4) is 0 Å². The number of benzene rings is 2. The number of thiazole rings is 1. The fourth-order valence-corrected chi connectivity index (χ4v) is 5.43. The Balaban J connectivity index is 1.67. The third kappa shape index (κ3) is 5.58. The van der Waals surface area contributed by atoms with E-state index in [-0.39, 0.29) is 16.7 Å². The van der Waals surface area contributed by atoms with Gasteiger partial charge in [0.15, 0.2) is 5.13 Å². The summed E-state index contributed by atoms with van der Waals surface area (Å²) in [5.41, 5.74) is 2.04. The highest BCUT2D eigenvalue weighted by Crippen LogP contribution is 2.28. The molecule has 0 aliphatic carbocycles. The van der Waals surface area contributed by atoms with Gasteiger partial charge in [0.05, 0.1) is 15.1 Å². The SMILES string of the molecule is CCN(CC)S(=O)(=O)c1ccc(C=CC(=O)Nc2ccc3nc(NC(C)=O)sc3c2)cc1. The number of nitrogens with zero attached hydrogens (tertiary/aromatic N) is 2. The van der Waals surface area contributed by atoms with Gasteiger partial charge in [-0.15, -0.1) is 0 Å². The molecule has 0 saturated carbocycles. The Morgan fingerprint density at radius 1 is 1.06 bits per heavy atom. The van der Waals surface area contributed by atoms with Crippen molar-refractivity contribution >= 4 is 60.3 Å². The van der Waals surface area contributed by atoms with Crippen LogP contribution >= 0.6 is 11.3 Å². The van der Waals surface area contributed by atoms with E-state index in [2.05, 4.69) is 15.6 Å². The van der Waals surface area contributed by atoms with E-state index in [1.807, 2.05) is 0 Å².